The first kappa shape index (κ1) is 7.95. The third kappa shape index (κ3) is 1.44. The van der Waals surface area contributed by atoms with Gasteiger partial charge in [0.25, 0.3) is 0 Å². The topological polar surface area (TPSA) is 29.1 Å². The summed E-state index contributed by atoms with van der Waals surface area (Å²) in [6, 6.07) is 0.119. The first-order valence-electron chi connectivity index (χ1n) is 3.81. The minimum Gasteiger partial charge on any atom is -0.305 e. The second-order valence-corrected chi connectivity index (χ2v) is 6.15. The Morgan fingerprint density at radius 1 is 1.45 bits per heavy atom. The molecular weight excluding hydrogens is 178 g/mol. The zero-order valence-corrected chi connectivity index (χ0v) is 7.84. The monoisotopic (exact) mass is 189 g/mol. The third-order valence-corrected chi connectivity index (χ3v) is 5.60. The molecule has 0 aromatic heterocycles. The van der Waals surface area contributed by atoms with Gasteiger partial charge in [-0.1, -0.05) is 0 Å². The number of nitrogens with one attached hydrogen (secondary N) is 1. The van der Waals surface area contributed by atoms with Crippen LogP contribution in [0.1, 0.15) is 6.42 Å². The van der Waals surface area contributed by atoms with Crippen molar-refractivity contribution in [2.24, 2.45) is 0 Å². The maximum Gasteiger partial charge on any atom is 0.136 e. The molecule has 1 unspecified atom stereocenters. The van der Waals surface area contributed by atoms with Crippen LogP contribution in [0.2, 0.25) is 0 Å². The van der Waals surface area contributed by atoms with E-state index in [2.05, 4.69) is 5.32 Å². The zero-order chi connectivity index (χ0) is 7.73. The molecule has 0 radical (unpaired) electrons. The maximum atomic E-state index is 10.5. The Balaban J connectivity index is 2.01. The minimum atomic E-state index is 0.119. The summed E-state index contributed by atoms with van der Waals surface area (Å²) in [7, 11) is 0. The molecular formula is C7H11NOS2. The van der Waals surface area contributed by atoms with Gasteiger partial charge in [-0.3, -0.25) is 0 Å². The predicted molar refractivity (Wildman–Crippen MR) is 50.1 cm³/mol. The molecule has 62 valence electrons. The molecule has 11 heavy (non-hydrogen) atoms. The molecule has 1 N–H and O–H groups in total. The Bertz CT molecular complexity index is 168. The van der Waals surface area contributed by atoms with Crippen molar-refractivity contribution in [3.05, 3.63) is 0 Å². The highest BCUT2D eigenvalue weighted by Crippen LogP contribution is 2.48. The SMILES string of the molecule is O=CC1CC2(CN1)SCCS2. The Hall–Kier alpha value is 0.330. The molecule has 0 bridgehead atoms. The van der Waals surface area contributed by atoms with Gasteiger partial charge in [0.2, 0.25) is 0 Å². The fraction of sp³-hybridized carbons (Fsp3) is 0.857. The molecule has 2 saturated heterocycles. The molecule has 1 atom stereocenters. The minimum absolute atomic E-state index is 0.119. The van der Waals surface area contributed by atoms with Crippen molar-refractivity contribution in [1.29, 1.82) is 0 Å². The average Bonchev–Trinajstić information content (AvgIpc) is 2.62. The molecule has 2 rings (SSSR count). The fourth-order valence-electron chi connectivity index (χ4n) is 1.58. The van der Waals surface area contributed by atoms with Crippen molar-refractivity contribution < 1.29 is 4.79 Å². The summed E-state index contributed by atoms with van der Waals surface area (Å²) in [4.78, 5) is 10.5. The van der Waals surface area contributed by atoms with Crippen molar-refractivity contribution in [3.8, 4) is 0 Å². The molecule has 0 aromatic rings. The highest BCUT2D eigenvalue weighted by atomic mass is 32.2. The quantitative estimate of drug-likeness (QED) is 0.616. The number of hydrogen-bond donors (Lipinski definition) is 1. The lowest BCUT2D eigenvalue weighted by Crippen LogP contribution is -2.23. The van der Waals surface area contributed by atoms with E-state index in [0.29, 0.717) is 4.08 Å². The number of aldehydes is 1. The molecule has 0 aliphatic carbocycles. The Labute approximate surface area is 74.9 Å². The van der Waals surface area contributed by atoms with Crippen LogP contribution in [-0.4, -0.2) is 34.5 Å². The van der Waals surface area contributed by atoms with Crippen LogP contribution in [-0.2, 0) is 4.79 Å². The lowest BCUT2D eigenvalue weighted by atomic mass is 10.2. The van der Waals surface area contributed by atoms with E-state index in [-0.39, 0.29) is 6.04 Å². The Morgan fingerprint density at radius 3 is 2.73 bits per heavy atom. The highest BCUT2D eigenvalue weighted by Gasteiger charge is 2.42. The van der Waals surface area contributed by atoms with Gasteiger partial charge in [0.1, 0.15) is 6.29 Å². The summed E-state index contributed by atoms with van der Waals surface area (Å²) in [5.74, 6) is 2.50. The van der Waals surface area contributed by atoms with E-state index in [4.69, 9.17) is 0 Å². The first-order valence-corrected chi connectivity index (χ1v) is 5.78. The van der Waals surface area contributed by atoms with E-state index in [1.165, 1.54) is 11.5 Å². The van der Waals surface area contributed by atoms with Gasteiger partial charge in [0.05, 0.1) is 10.1 Å². The molecule has 2 nitrogen and oxygen atoms in total. The molecule has 2 aliphatic heterocycles. The number of hydrogen-bond acceptors (Lipinski definition) is 4. The molecule has 0 aromatic carbocycles. The van der Waals surface area contributed by atoms with Crippen molar-refractivity contribution in [3.63, 3.8) is 0 Å². The Morgan fingerprint density at radius 2 is 2.18 bits per heavy atom. The van der Waals surface area contributed by atoms with Crippen LogP contribution in [0.4, 0.5) is 0 Å². The molecule has 0 amide bonds. The highest BCUT2D eigenvalue weighted by molar-refractivity contribution is 8.21. The van der Waals surface area contributed by atoms with Gasteiger partial charge in [-0.2, -0.15) is 0 Å². The van der Waals surface area contributed by atoms with Crippen LogP contribution in [0, 0.1) is 0 Å². The average molecular weight is 189 g/mol. The molecule has 2 fully saturated rings. The molecule has 2 heterocycles. The Kier molecular flexibility index (Phi) is 2.16. The van der Waals surface area contributed by atoms with Gasteiger partial charge in [0, 0.05) is 18.1 Å². The van der Waals surface area contributed by atoms with Gasteiger partial charge in [-0.05, 0) is 6.42 Å². The standard InChI is InChI=1S/C7H11NOS2/c9-4-6-3-7(5-8-6)10-1-2-11-7/h4,6,8H,1-3,5H2. The van der Waals surface area contributed by atoms with E-state index in [9.17, 15) is 4.79 Å². The van der Waals surface area contributed by atoms with Gasteiger partial charge in [0.15, 0.2) is 0 Å². The van der Waals surface area contributed by atoms with Crippen molar-refractivity contribution in [2.45, 2.75) is 16.5 Å². The van der Waals surface area contributed by atoms with Gasteiger partial charge >= 0.3 is 0 Å². The van der Waals surface area contributed by atoms with Gasteiger partial charge in [-0.15, -0.1) is 23.5 Å². The lowest BCUT2D eigenvalue weighted by Gasteiger charge is -2.18. The normalized spacial score (nSPS) is 34.7. The summed E-state index contributed by atoms with van der Waals surface area (Å²) in [5.41, 5.74) is 0. The van der Waals surface area contributed by atoms with Crippen LogP contribution in [0.5, 0.6) is 0 Å². The third-order valence-electron chi connectivity index (χ3n) is 2.14. The van der Waals surface area contributed by atoms with Crippen LogP contribution in [0.15, 0.2) is 0 Å². The second-order valence-electron chi connectivity index (χ2n) is 2.94. The maximum absolute atomic E-state index is 10.5. The number of rotatable bonds is 1. The summed E-state index contributed by atoms with van der Waals surface area (Å²) in [5, 5.41) is 3.23. The van der Waals surface area contributed by atoms with E-state index in [1.54, 1.807) is 0 Å². The number of thioether (sulfide) groups is 2. The summed E-state index contributed by atoms with van der Waals surface area (Å²) in [6.07, 6.45) is 2.06. The van der Waals surface area contributed by atoms with E-state index < -0.39 is 0 Å². The number of carbonyl (C=O) groups excluding carboxylic acids is 1. The van der Waals surface area contributed by atoms with E-state index in [0.717, 1.165) is 19.3 Å². The van der Waals surface area contributed by atoms with E-state index >= 15 is 0 Å². The van der Waals surface area contributed by atoms with Crippen LogP contribution >= 0.6 is 23.5 Å². The lowest BCUT2D eigenvalue weighted by molar-refractivity contribution is -0.109. The van der Waals surface area contributed by atoms with E-state index in [1.807, 2.05) is 23.5 Å². The second kappa shape index (κ2) is 2.99. The van der Waals surface area contributed by atoms with Crippen LogP contribution in [0.25, 0.3) is 0 Å². The molecule has 2 aliphatic rings. The summed E-state index contributed by atoms with van der Waals surface area (Å²) in [6.45, 7) is 1.01. The predicted octanol–water partition coefficient (Wildman–Crippen LogP) is 0.724. The van der Waals surface area contributed by atoms with Crippen LogP contribution in [0.3, 0.4) is 0 Å². The van der Waals surface area contributed by atoms with Crippen LogP contribution < -0.4 is 5.32 Å². The van der Waals surface area contributed by atoms with Crippen molar-refractivity contribution >= 4 is 29.8 Å². The summed E-state index contributed by atoms with van der Waals surface area (Å²) >= 11 is 4.03. The van der Waals surface area contributed by atoms with Gasteiger partial charge in [-0.25, -0.2) is 0 Å². The van der Waals surface area contributed by atoms with Crippen molar-refractivity contribution in [2.75, 3.05) is 18.1 Å². The van der Waals surface area contributed by atoms with Crippen molar-refractivity contribution in [1.82, 2.24) is 5.32 Å². The molecule has 1 spiro atoms. The smallest absolute Gasteiger partial charge is 0.136 e. The first-order chi connectivity index (χ1) is 5.35. The van der Waals surface area contributed by atoms with Gasteiger partial charge < -0.3 is 10.1 Å². The molecule has 0 saturated carbocycles. The summed E-state index contributed by atoms with van der Waals surface area (Å²) < 4.78 is 0.353. The fourth-order valence-corrected chi connectivity index (χ4v) is 4.79. The zero-order valence-electron chi connectivity index (χ0n) is 6.21. The molecule has 4 heteroatoms. The number of carbonyl (C=O) groups is 1. The largest absolute Gasteiger partial charge is 0.305 e.